The van der Waals surface area contributed by atoms with Gasteiger partial charge in [-0.05, 0) is 51.0 Å². The van der Waals surface area contributed by atoms with E-state index >= 15 is 0 Å². The largest absolute Gasteiger partial charge is 0.382 e. The lowest BCUT2D eigenvalue weighted by atomic mass is 9.99. The minimum absolute atomic E-state index is 0.0483. The Morgan fingerprint density at radius 2 is 1.63 bits per heavy atom. The molecular weight excluding hydrogens is 240 g/mol. The number of nitrogens with one attached hydrogen (secondary N) is 2. The third-order valence-electron chi connectivity index (χ3n) is 3.27. The zero-order chi connectivity index (χ0) is 13.8. The van der Waals surface area contributed by atoms with Gasteiger partial charge in [-0.2, -0.15) is 0 Å². The maximum absolute atomic E-state index is 10.9. The predicted molar refractivity (Wildman–Crippen MR) is 77.4 cm³/mol. The Balaban J connectivity index is 1.93. The average molecular weight is 262 g/mol. The molecule has 1 amide bonds. The summed E-state index contributed by atoms with van der Waals surface area (Å²) in [5.41, 5.74) is 1.91. The van der Waals surface area contributed by atoms with Crippen molar-refractivity contribution >= 4 is 17.3 Å². The molecule has 0 bridgehead atoms. The van der Waals surface area contributed by atoms with Gasteiger partial charge in [-0.1, -0.05) is 0 Å². The van der Waals surface area contributed by atoms with Crippen LogP contribution in [0.5, 0.6) is 0 Å². The molecule has 0 saturated carbocycles. The molecule has 19 heavy (non-hydrogen) atoms. The lowest BCUT2D eigenvalue weighted by molar-refractivity contribution is -0.114. The molecule has 2 rings (SSSR count). The molecular formula is C15H22N2O2. The molecule has 1 aliphatic heterocycles. The summed E-state index contributed by atoms with van der Waals surface area (Å²) in [6.07, 6.45) is 2.66. The van der Waals surface area contributed by atoms with Crippen LogP contribution in [0.1, 0.15) is 33.6 Å². The third-order valence-corrected chi connectivity index (χ3v) is 3.27. The summed E-state index contributed by atoms with van der Waals surface area (Å²) in [5, 5.41) is 6.29. The van der Waals surface area contributed by atoms with Crippen molar-refractivity contribution in [2.24, 2.45) is 0 Å². The summed E-state index contributed by atoms with van der Waals surface area (Å²) in [7, 11) is 0. The molecule has 0 aliphatic carbocycles. The number of carbonyl (C=O) groups is 1. The molecule has 2 N–H and O–H groups in total. The molecule has 0 aromatic heterocycles. The Bertz CT molecular complexity index is 420. The van der Waals surface area contributed by atoms with E-state index in [0.29, 0.717) is 18.2 Å². The number of amides is 1. The van der Waals surface area contributed by atoms with Gasteiger partial charge in [0, 0.05) is 24.3 Å². The van der Waals surface area contributed by atoms with E-state index in [2.05, 4.69) is 24.5 Å². The van der Waals surface area contributed by atoms with Crippen molar-refractivity contribution in [3.05, 3.63) is 24.3 Å². The molecule has 4 nitrogen and oxygen atoms in total. The summed E-state index contributed by atoms with van der Waals surface area (Å²) < 4.78 is 5.73. The lowest BCUT2D eigenvalue weighted by Crippen LogP contribution is -2.36. The first-order valence-corrected chi connectivity index (χ1v) is 6.82. The Morgan fingerprint density at radius 1 is 1.11 bits per heavy atom. The van der Waals surface area contributed by atoms with E-state index in [1.54, 1.807) is 0 Å². The van der Waals surface area contributed by atoms with Crippen LogP contribution in [0.2, 0.25) is 0 Å². The van der Waals surface area contributed by atoms with E-state index in [-0.39, 0.29) is 5.91 Å². The second-order valence-corrected chi connectivity index (χ2v) is 5.33. The van der Waals surface area contributed by atoms with E-state index < -0.39 is 0 Å². The minimum Gasteiger partial charge on any atom is -0.382 e. The molecule has 1 fully saturated rings. The van der Waals surface area contributed by atoms with Gasteiger partial charge >= 0.3 is 0 Å². The number of carbonyl (C=O) groups excluding carboxylic acids is 1. The van der Waals surface area contributed by atoms with Crippen molar-refractivity contribution in [1.29, 1.82) is 0 Å². The standard InChI is InChI=1S/C15H22N2O2/c1-10-8-15(9-11(2)19-10)17-14-6-4-13(5-7-14)16-12(3)18/h4-7,10-11,15,17H,8-9H2,1-3H3,(H,16,18). The lowest BCUT2D eigenvalue weighted by Gasteiger charge is -2.33. The Hall–Kier alpha value is -1.55. The number of anilines is 2. The van der Waals surface area contributed by atoms with E-state index in [4.69, 9.17) is 4.74 Å². The zero-order valence-corrected chi connectivity index (χ0v) is 11.8. The van der Waals surface area contributed by atoms with Crippen LogP contribution in [0.25, 0.3) is 0 Å². The van der Waals surface area contributed by atoms with Crippen molar-refractivity contribution in [2.45, 2.75) is 51.9 Å². The Labute approximate surface area is 114 Å². The number of hydrogen-bond donors (Lipinski definition) is 2. The smallest absolute Gasteiger partial charge is 0.221 e. The van der Waals surface area contributed by atoms with Crippen LogP contribution in [0.15, 0.2) is 24.3 Å². The van der Waals surface area contributed by atoms with Gasteiger partial charge < -0.3 is 15.4 Å². The normalized spacial score (nSPS) is 26.8. The van der Waals surface area contributed by atoms with Crippen molar-refractivity contribution in [1.82, 2.24) is 0 Å². The highest BCUT2D eigenvalue weighted by atomic mass is 16.5. The van der Waals surface area contributed by atoms with Gasteiger partial charge in [0.15, 0.2) is 0 Å². The highest BCUT2D eigenvalue weighted by Gasteiger charge is 2.24. The Morgan fingerprint density at radius 3 is 2.16 bits per heavy atom. The number of rotatable bonds is 3. The molecule has 1 aromatic rings. The van der Waals surface area contributed by atoms with Crippen LogP contribution >= 0.6 is 0 Å². The fourth-order valence-electron chi connectivity index (χ4n) is 2.61. The SMILES string of the molecule is CC(=O)Nc1ccc(NC2CC(C)OC(C)C2)cc1. The fraction of sp³-hybridized carbons (Fsp3) is 0.533. The summed E-state index contributed by atoms with van der Waals surface area (Å²) >= 11 is 0. The van der Waals surface area contributed by atoms with E-state index in [1.165, 1.54) is 6.92 Å². The van der Waals surface area contributed by atoms with Crippen molar-refractivity contribution in [3.63, 3.8) is 0 Å². The molecule has 1 saturated heterocycles. The average Bonchev–Trinajstić information content (AvgIpc) is 2.29. The van der Waals surface area contributed by atoms with E-state index in [1.807, 2.05) is 24.3 Å². The minimum atomic E-state index is -0.0483. The zero-order valence-electron chi connectivity index (χ0n) is 11.8. The molecule has 0 spiro atoms. The monoisotopic (exact) mass is 262 g/mol. The molecule has 1 aliphatic rings. The second-order valence-electron chi connectivity index (χ2n) is 5.33. The van der Waals surface area contributed by atoms with Gasteiger partial charge in [-0.3, -0.25) is 4.79 Å². The first-order valence-electron chi connectivity index (χ1n) is 6.82. The van der Waals surface area contributed by atoms with Gasteiger partial charge in [0.05, 0.1) is 12.2 Å². The van der Waals surface area contributed by atoms with Crippen LogP contribution in [-0.2, 0) is 9.53 Å². The van der Waals surface area contributed by atoms with E-state index in [9.17, 15) is 4.79 Å². The predicted octanol–water partition coefficient (Wildman–Crippen LogP) is 3.01. The van der Waals surface area contributed by atoms with Gasteiger partial charge in [0.1, 0.15) is 0 Å². The first kappa shape index (κ1) is 13.9. The van der Waals surface area contributed by atoms with Gasteiger partial charge in [-0.15, -0.1) is 0 Å². The maximum atomic E-state index is 10.9. The van der Waals surface area contributed by atoms with Crippen molar-refractivity contribution in [3.8, 4) is 0 Å². The topological polar surface area (TPSA) is 50.4 Å². The summed E-state index contributed by atoms with van der Waals surface area (Å²) in [4.78, 5) is 10.9. The van der Waals surface area contributed by atoms with Crippen LogP contribution < -0.4 is 10.6 Å². The highest BCUT2D eigenvalue weighted by Crippen LogP contribution is 2.23. The molecule has 0 radical (unpaired) electrons. The van der Waals surface area contributed by atoms with Crippen LogP contribution in [0, 0.1) is 0 Å². The molecule has 2 unspecified atom stereocenters. The quantitative estimate of drug-likeness (QED) is 0.880. The van der Waals surface area contributed by atoms with Gasteiger partial charge in [0.2, 0.25) is 5.91 Å². The van der Waals surface area contributed by atoms with Crippen molar-refractivity contribution in [2.75, 3.05) is 10.6 Å². The third kappa shape index (κ3) is 4.24. The van der Waals surface area contributed by atoms with Crippen LogP contribution in [0.4, 0.5) is 11.4 Å². The Kier molecular flexibility index (Phi) is 4.43. The maximum Gasteiger partial charge on any atom is 0.221 e. The van der Waals surface area contributed by atoms with Gasteiger partial charge in [-0.25, -0.2) is 0 Å². The fourth-order valence-corrected chi connectivity index (χ4v) is 2.61. The number of ether oxygens (including phenoxy) is 1. The summed E-state index contributed by atoms with van der Waals surface area (Å²) in [5.74, 6) is -0.0483. The molecule has 2 atom stereocenters. The number of hydrogen-bond acceptors (Lipinski definition) is 3. The number of benzene rings is 1. The molecule has 104 valence electrons. The molecule has 1 aromatic carbocycles. The molecule has 1 heterocycles. The second kappa shape index (κ2) is 6.06. The molecule has 4 heteroatoms. The highest BCUT2D eigenvalue weighted by molar-refractivity contribution is 5.88. The first-order chi connectivity index (χ1) is 9.02. The van der Waals surface area contributed by atoms with Gasteiger partial charge in [0.25, 0.3) is 0 Å². The van der Waals surface area contributed by atoms with Crippen LogP contribution in [0.3, 0.4) is 0 Å². The van der Waals surface area contributed by atoms with E-state index in [0.717, 1.165) is 24.2 Å². The van der Waals surface area contributed by atoms with Crippen molar-refractivity contribution < 1.29 is 9.53 Å². The van der Waals surface area contributed by atoms with Crippen LogP contribution in [-0.4, -0.2) is 24.2 Å². The summed E-state index contributed by atoms with van der Waals surface area (Å²) in [6.45, 7) is 5.74. The summed E-state index contributed by atoms with van der Waals surface area (Å²) in [6, 6.07) is 8.27.